The third-order valence-corrected chi connectivity index (χ3v) is 7.81. The lowest BCUT2D eigenvalue weighted by molar-refractivity contribution is 0.103. The van der Waals surface area contributed by atoms with E-state index in [1.165, 1.54) is 40.6 Å². The molecule has 0 aromatic heterocycles. The molecule has 7 nitrogen and oxygen atoms in total. The molecule has 0 aliphatic rings. The maximum Gasteiger partial charge on any atom is 0.249 e. The van der Waals surface area contributed by atoms with Crippen LogP contribution < -0.4 is 24.3 Å². The second-order valence-electron chi connectivity index (χ2n) is 7.14. The largest absolute Gasteiger partial charge is 0.496 e. The molecule has 0 aliphatic carbocycles. The second kappa shape index (κ2) is 9.92. The van der Waals surface area contributed by atoms with Gasteiger partial charge >= 0.3 is 0 Å². The molecule has 3 aromatic carbocycles. The van der Waals surface area contributed by atoms with Gasteiger partial charge in [0, 0.05) is 5.30 Å². The van der Waals surface area contributed by atoms with Crippen molar-refractivity contribution in [2.24, 2.45) is 0 Å². The third-order valence-electron chi connectivity index (χ3n) is 5.20. The topological polar surface area (TPSA) is 88.1 Å². The summed E-state index contributed by atoms with van der Waals surface area (Å²) in [6.07, 6.45) is 0. The molecule has 1 atom stereocenters. The van der Waals surface area contributed by atoms with Crippen LogP contribution in [-0.4, -0.2) is 39.5 Å². The van der Waals surface area contributed by atoms with Crippen molar-refractivity contribution < 1.29 is 33.1 Å². The molecule has 0 heterocycles. The lowest BCUT2D eigenvalue weighted by atomic mass is 10.1. The lowest BCUT2D eigenvalue weighted by Gasteiger charge is -2.21. The van der Waals surface area contributed by atoms with Gasteiger partial charge in [-0.1, -0.05) is 36.4 Å². The van der Waals surface area contributed by atoms with Gasteiger partial charge in [-0.2, -0.15) is 0 Å². The zero-order chi connectivity index (χ0) is 24.2. The van der Waals surface area contributed by atoms with E-state index in [9.17, 15) is 14.2 Å². The van der Waals surface area contributed by atoms with Gasteiger partial charge in [-0.15, -0.1) is 0 Å². The molecule has 3 aromatic rings. The number of benzene rings is 3. The lowest BCUT2D eigenvalue weighted by Crippen LogP contribution is -2.22. The summed E-state index contributed by atoms with van der Waals surface area (Å²) in [7, 11) is 1.08. The molecule has 33 heavy (non-hydrogen) atoms. The fourth-order valence-corrected chi connectivity index (χ4v) is 5.91. The normalized spacial score (nSPS) is 12.4. The Morgan fingerprint density at radius 1 is 0.636 bits per heavy atom. The molecule has 0 amide bonds. The number of ether oxygens (including phenoxy) is 4. The minimum atomic E-state index is -4.47. The summed E-state index contributed by atoms with van der Waals surface area (Å²) in [5.74, 6) is 0.609. The Kier molecular flexibility index (Phi) is 7.24. The summed E-state index contributed by atoms with van der Waals surface area (Å²) in [5, 5.41) is 0.0811. The molecule has 0 bridgehead atoms. The van der Waals surface area contributed by atoms with Crippen LogP contribution in [0.25, 0.3) is 0 Å². The highest BCUT2D eigenvalue weighted by Crippen LogP contribution is 2.55. The number of methoxy groups -OCH3 is 4. The first-order valence-electron chi connectivity index (χ1n) is 10.0. The first-order chi connectivity index (χ1) is 15.8. The van der Waals surface area contributed by atoms with E-state index in [4.69, 9.17) is 18.9 Å². The van der Waals surface area contributed by atoms with E-state index in [1.807, 2.05) is 0 Å². The molecule has 3 rings (SSSR count). The minimum absolute atomic E-state index is 0.0694. The summed E-state index contributed by atoms with van der Waals surface area (Å²) in [6, 6.07) is 15.9. The maximum absolute atomic E-state index is 14.7. The summed E-state index contributed by atoms with van der Waals surface area (Å²) >= 11 is 0. The first kappa shape index (κ1) is 24.1. The van der Waals surface area contributed by atoms with E-state index in [0.29, 0.717) is 0 Å². The highest BCUT2D eigenvalue weighted by atomic mass is 31.2. The van der Waals surface area contributed by atoms with E-state index in [2.05, 4.69) is 0 Å². The van der Waals surface area contributed by atoms with Gasteiger partial charge in [0.15, 0.2) is 0 Å². The highest BCUT2D eigenvalue weighted by molar-refractivity contribution is 8.01. The molecule has 0 spiro atoms. The van der Waals surface area contributed by atoms with E-state index in [1.54, 1.807) is 55.5 Å². The van der Waals surface area contributed by atoms with Gasteiger partial charge in [-0.05, 0) is 36.8 Å². The van der Waals surface area contributed by atoms with Crippen LogP contribution in [0.1, 0.15) is 26.3 Å². The number of hydrogen-bond acceptors (Lipinski definition) is 7. The highest BCUT2D eigenvalue weighted by Gasteiger charge is 2.47. The monoisotopic (exact) mass is 468 g/mol. The Hall–Kier alpha value is -3.57. The quantitative estimate of drug-likeness (QED) is 0.421. The molecule has 172 valence electrons. The van der Waals surface area contributed by atoms with Crippen molar-refractivity contribution in [2.45, 2.75) is 6.92 Å². The van der Waals surface area contributed by atoms with Crippen LogP contribution in [0.3, 0.4) is 0 Å². The van der Waals surface area contributed by atoms with E-state index in [0.717, 1.165) is 5.56 Å². The van der Waals surface area contributed by atoms with Gasteiger partial charge in [0.1, 0.15) is 34.1 Å². The Morgan fingerprint density at radius 2 is 1.06 bits per heavy atom. The molecule has 0 saturated heterocycles. The first-order valence-corrected chi connectivity index (χ1v) is 11.7. The van der Waals surface area contributed by atoms with Crippen LogP contribution in [-0.2, 0) is 4.57 Å². The number of carbonyl (C=O) groups excluding carboxylic acids is 2. The summed E-state index contributed by atoms with van der Waals surface area (Å²) in [4.78, 5) is 28.0. The average Bonchev–Trinajstić information content (AvgIpc) is 2.86. The van der Waals surface area contributed by atoms with Gasteiger partial charge in [0.05, 0.1) is 28.4 Å². The van der Waals surface area contributed by atoms with Gasteiger partial charge in [-0.25, -0.2) is 0 Å². The van der Waals surface area contributed by atoms with Crippen molar-refractivity contribution in [1.29, 1.82) is 0 Å². The maximum atomic E-state index is 14.7. The van der Waals surface area contributed by atoms with Crippen LogP contribution in [0, 0.1) is 6.92 Å². The SMILES string of the molecule is COc1cccc(OC)c1C(=O)P(=O)(C(=O)c1c(OC)cc(C)cc1OC)c1ccccc1. The fourth-order valence-electron chi connectivity index (χ4n) is 3.60. The molecule has 0 fully saturated rings. The average molecular weight is 468 g/mol. The number of aryl methyl sites for hydroxylation is 1. The smallest absolute Gasteiger partial charge is 0.249 e. The van der Waals surface area contributed by atoms with Gasteiger partial charge in [0.25, 0.3) is 0 Å². The molecular formula is C25H25O7P. The van der Waals surface area contributed by atoms with Gasteiger partial charge in [-0.3, -0.25) is 9.59 Å². The molecular weight excluding hydrogens is 443 g/mol. The fraction of sp³-hybridized carbons (Fsp3) is 0.200. The van der Waals surface area contributed by atoms with Gasteiger partial charge in [0.2, 0.25) is 18.2 Å². The molecule has 0 radical (unpaired) electrons. The minimum Gasteiger partial charge on any atom is -0.496 e. The molecule has 1 unspecified atom stereocenters. The van der Waals surface area contributed by atoms with E-state index in [-0.39, 0.29) is 39.4 Å². The van der Waals surface area contributed by atoms with Crippen molar-refractivity contribution in [1.82, 2.24) is 0 Å². The van der Waals surface area contributed by atoms with Crippen LogP contribution in [0.4, 0.5) is 0 Å². The van der Waals surface area contributed by atoms with E-state index < -0.39 is 18.2 Å². The van der Waals surface area contributed by atoms with Crippen molar-refractivity contribution >= 4 is 23.5 Å². The number of rotatable bonds is 9. The van der Waals surface area contributed by atoms with E-state index >= 15 is 0 Å². The van der Waals surface area contributed by atoms with Crippen molar-refractivity contribution in [2.75, 3.05) is 28.4 Å². The Balaban J connectivity index is 2.36. The third kappa shape index (κ3) is 4.24. The predicted molar refractivity (Wildman–Crippen MR) is 126 cm³/mol. The van der Waals surface area contributed by atoms with Crippen molar-refractivity contribution in [3.8, 4) is 23.0 Å². The zero-order valence-electron chi connectivity index (χ0n) is 19.1. The molecule has 0 saturated carbocycles. The predicted octanol–water partition coefficient (Wildman–Crippen LogP) is 4.70. The molecule has 8 heteroatoms. The summed E-state index contributed by atoms with van der Waals surface area (Å²) < 4.78 is 36.2. The Labute approximate surface area is 192 Å². The summed E-state index contributed by atoms with van der Waals surface area (Å²) in [5.41, 5.74) is -1.18. The van der Waals surface area contributed by atoms with Gasteiger partial charge < -0.3 is 23.5 Å². The zero-order valence-corrected chi connectivity index (χ0v) is 20.0. The molecule has 0 aliphatic heterocycles. The van der Waals surface area contributed by atoms with Crippen LogP contribution >= 0.6 is 7.14 Å². The number of carbonyl (C=O) groups is 2. The standard InChI is InChI=1S/C25H25O7P/c1-16-14-20(31-4)23(21(15-16)32-5)25(27)33(28,17-10-7-6-8-11-17)24(26)22-18(29-2)12-9-13-19(22)30-3/h6-15H,1-5H3. The van der Waals surface area contributed by atoms with Crippen LogP contribution in [0.2, 0.25) is 0 Å². The molecule has 0 N–H and O–H groups in total. The second-order valence-corrected chi connectivity index (χ2v) is 9.68. The Bertz CT molecular complexity index is 1190. The summed E-state index contributed by atoms with van der Waals surface area (Å²) in [6.45, 7) is 1.81. The number of hydrogen-bond donors (Lipinski definition) is 0. The van der Waals surface area contributed by atoms with Crippen molar-refractivity contribution in [3.05, 3.63) is 77.4 Å². The van der Waals surface area contributed by atoms with Crippen molar-refractivity contribution in [3.63, 3.8) is 0 Å². The Morgan fingerprint density at radius 3 is 1.48 bits per heavy atom. The van der Waals surface area contributed by atoms with Crippen LogP contribution in [0.15, 0.2) is 60.7 Å². The van der Waals surface area contributed by atoms with Crippen LogP contribution in [0.5, 0.6) is 23.0 Å².